The number of hydrogen-bond donors (Lipinski definition) is 1. The molecule has 0 amide bonds. The lowest BCUT2D eigenvalue weighted by Gasteiger charge is -2.36. The Morgan fingerprint density at radius 2 is 2.23 bits per heavy atom. The summed E-state index contributed by atoms with van der Waals surface area (Å²) in [5.74, 6) is 0. The maximum absolute atomic E-state index is 6.40. The number of rotatable bonds is 5. The third kappa shape index (κ3) is 3.51. The van der Waals surface area contributed by atoms with E-state index in [2.05, 4.69) is 40.6 Å². The largest absolute Gasteiger partial charge is 0.314 e. The standard InChI is InChI=1S/C17H23ClN4/c1-2-8-22-13-14(10-20-22)12-21-9-7-19-11-17(21)15-5-3-4-6-16(15)18/h3-6,10,13,17,19H,2,7-9,11-12H2,1H3. The average molecular weight is 319 g/mol. The van der Waals surface area contributed by atoms with E-state index < -0.39 is 0 Å². The minimum atomic E-state index is 0.317. The molecule has 1 atom stereocenters. The number of nitrogens with zero attached hydrogens (tertiary/aromatic N) is 3. The molecule has 0 bridgehead atoms. The molecule has 3 rings (SSSR count). The van der Waals surface area contributed by atoms with E-state index >= 15 is 0 Å². The minimum absolute atomic E-state index is 0.317. The molecule has 0 spiro atoms. The molecular formula is C17H23ClN4. The third-order valence-electron chi connectivity index (χ3n) is 4.14. The first kappa shape index (κ1) is 15.5. The minimum Gasteiger partial charge on any atom is -0.314 e. The molecule has 1 aliphatic heterocycles. The average Bonchev–Trinajstić information content (AvgIpc) is 2.96. The molecule has 1 saturated heterocycles. The molecule has 4 nitrogen and oxygen atoms in total. The molecule has 118 valence electrons. The zero-order chi connectivity index (χ0) is 15.4. The van der Waals surface area contributed by atoms with Gasteiger partial charge in [0.15, 0.2) is 0 Å². The summed E-state index contributed by atoms with van der Waals surface area (Å²) in [5.41, 5.74) is 2.48. The molecule has 1 aromatic heterocycles. The summed E-state index contributed by atoms with van der Waals surface area (Å²) in [6, 6.07) is 8.47. The van der Waals surface area contributed by atoms with Crippen LogP contribution in [0.15, 0.2) is 36.7 Å². The lowest BCUT2D eigenvalue weighted by Crippen LogP contribution is -2.45. The predicted octanol–water partition coefficient (Wildman–Crippen LogP) is 3.09. The SMILES string of the molecule is CCCn1cc(CN2CCNCC2c2ccccc2Cl)cn1. The lowest BCUT2D eigenvalue weighted by atomic mass is 10.0. The molecule has 0 saturated carbocycles. The monoisotopic (exact) mass is 318 g/mol. The van der Waals surface area contributed by atoms with Gasteiger partial charge in [0, 0.05) is 55.5 Å². The Morgan fingerprint density at radius 1 is 1.36 bits per heavy atom. The van der Waals surface area contributed by atoms with Gasteiger partial charge in [0.1, 0.15) is 0 Å². The van der Waals surface area contributed by atoms with Crippen molar-refractivity contribution in [3.05, 3.63) is 52.8 Å². The molecule has 1 aromatic carbocycles. The number of piperazine rings is 1. The summed E-state index contributed by atoms with van der Waals surface area (Å²) >= 11 is 6.40. The second-order valence-electron chi connectivity index (χ2n) is 5.82. The maximum Gasteiger partial charge on any atom is 0.0534 e. The van der Waals surface area contributed by atoms with E-state index in [4.69, 9.17) is 11.6 Å². The van der Waals surface area contributed by atoms with Gasteiger partial charge in [-0.1, -0.05) is 36.7 Å². The fourth-order valence-electron chi connectivity index (χ4n) is 3.06. The Balaban J connectivity index is 1.76. The Morgan fingerprint density at radius 3 is 3.05 bits per heavy atom. The van der Waals surface area contributed by atoms with Crippen LogP contribution in [0.4, 0.5) is 0 Å². The maximum atomic E-state index is 6.40. The molecule has 0 aliphatic carbocycles. The van der Waals surface area contributed by atoms with Crippen LogP contribution in [0.5, 0.6) is 0 Å². The first-order chi connectivity index (χ1) is 10.8. The van der Waals surface area contributed by atoms with Crippen molar-refractivity contribution in [1.82, 2.24) is 20.0 Å². The molecule has 1 unspecified atom stereocenters. The molecule has 0 radical (unpaired) electrons. The molecule has 1 aliphatic rings. The Kier molecular flexibility index (Phi) is 5.13. The van der Waals surface area contributed by atoms with E-state index in [1.807, 2.05) is 23.0 Å². The van der Waals surface area contributed by atoms with E-state index in [1.54, 1.807) is 0 Å². The van der Waals surface area contributed by atoms with Gasteiger partial charge < -0.3 is 5.32 Å². The quantitative estimate of drug-likeness (QED) is 0.919. The van der Waals surface area contributed by atoms with E-state index in [0.29, 0.717) is 6.04 Å². The topological polar surface area (TPSA) is 33.1 Å². The van der Waals surface area contributed by atoms with Crippen molar-refractivity contribution in [1.29, 1.82) is 0 Å². The highest BCUT2D eigenvalue weighted by molar-refractivity contribution is 6.31. The number of benzene rings is 1. The van der Waals surface area contributed by atoms with Gasteiger partial charge in [-0.25, -0.2) is 0 Å². The van der Waals surface area contributed by atoms with Crippen LogP contribution in [0.25, 0.3) is 0 Å². The summed E-state index contributed by atoms with van der Waals surface area (Å²) in [6.07, 6.45) is 5.26. The molecule has 1 fully saturated rings. The highest BCUT2D eigenvalue weighted by atomic mass is 35.5. The van der Waals surface area contributed by atoms with Crippen LogP contribution in [-0.2, 0) is 13.1 Å². The Bertz CT molecular complexity index is 610. The number of halogens is 1. The van der Waals surface area contributed by atoms with Crippen molar-refractivity contribution in [2.45, 2.75) is 32.5 Å². The molecule has 22 heavy (non-hydrogen) atoms. The van der Waals surface area contributed by atoms with E-state index in [9.17, 15) is 0 Å². The summed E-state index contributed by atoms with van der Waals surface area (Å²) in [4.78, 5) is 2.49. The van der Waals surface area contributed by atoms with Gasteiger partial charge in [0.2, 0.25) is 0 Å². The first-order valence-corrected chi connectivity index (χ1v) is 8.36. The third-order valence-corrected chi connectivity index (χ3v) is 4.49. The van der Waals surface area contributed by atoms with Crippen LogP contribution in [0.1, 0.15) is 30.5 Å². The van der Waals surface area contributed by atoms with Crippen molar-refractivity contribution < 1.29 is 0 Å². The van der Waals surface area contributed by atoms with Gasteiger partial charge in [0.05, 0.1) is 6.20 Å². The van der Waals surface area contributed by atoms with E-state index in [0.717, 1.165) is 44.2 Å². The normalized spacial score (nSPS) is 19.5. The van der Waals surface area contributed by atoms with Crippen LogP contribution < -0.4 is 5.32 Å². The molecule has 2 aromatic rings. The van der Waals surface area contributed by atoms with Crippen molar-refractivity contribution >= 4 is 11.6 Å². The number of aromatic nitrogens is 2. The van der Waals surface area contributed by atoms with Crippen molar-refractivity contribution in [3.8, 4) is 0 Å². The molecule has 5 heteroatoms. The van der Waals surface area contributed by atoms with Gasteiger partial charge in [-0.05, 0) is 18.1 Å². The number of aryl methyl sites for hydroxylation is 1. The summed E-state index contributed by atoms with van der Waals surface area (Å²) in [6.45, 7) is 7.05. The van der Waals surface area contributed by atoms with Crippen molar-refractivity contribution in [3.63, 3.8) is 0 Å². The highest BCUT2D eigenvalue weighted by Crippen LogP contribution is 2.29. The number of nitrogens with one attached hydrogen (secondary N) is 1. The van der Waals surface area contributed by atoms with Crippen LogP contribution >= 0.6 is 11.6 Å². The van der Waals surface area contributed by atoms with Gasteiger partial charge in [-0.2, -0.15) is 5.10 Å². The smallest absolute Gasteiger partial charge is 0.0534 e. The fraction of sp³-hybridized carbons (Fsp3) is 0.471. The van der Waals surface area contributed by atoms with Crippen LogP contribution in [-0.4, -0.2) is 34.3 Å². The van der Waals surface area contributed by atoms with Crippen LogP contribution in [0.2, 0.25) is 5.02 Å². The van der Waals surface area contributed by atoms with Gasteiger partial charge in [-0.3, -0.25) is 9.58 Å². The molecular weight excluding hydrogens is 296 g/mol. The van der Waals surface area contributed by atoms with Gasteiger partial charge >= 0.3 is 0 Å². The summed E-state index contributed by atoms with van der Waals surface area (Å²) in [7, 11) is 0. The van der Waals surface area contributed by atoms with Crippen molar-refractivity contribution in [2.24, 2.45) is 0 Å². The lowest BCUT2D eigenvalue weighted by molar-refractivity contribution is 0.154. The predicted molar refractivity (Wildman–Crippen MR) is 90.0 cm³/mol. The van der Waals surface area contributed by atoms with E-state index in [-0.39, 0.29) is 0 Å². The first-order valence-electron chi connectivity index (χ1n) is 7.98. The second-order valence-corrected chi connectivity index (χ2v) is 6.23. The molecule has 1 N–H and O–H groups in total. The molecule has 2 heterocycles. The van der Waals surface area contributed by atoms with Gasteiger partial charge in [0.25, 0.3) is 0 Å². The highest BCUT2D eigenvalue weighted by Gasteiger charge is 2.25. The fourth-order valence-corrected chi connectivity index (χ4v) is 3.32. The Hall–Kier alpha value is -1.36. The summed E-state index contributed by atoms with van der Waals surface area (Å²) in [5, 5.41) is 8.77. The van der Waals surface area contributed by atoms with E-state index in [1.165, 1.54) is 11.1 Å². The van der Waals surface area contributed by atoms with Gasteiger partial charge in [-0.15, -0.1) is 0 Å². The van der Waals surface area contributed by atoms with Crippen LogP contribution in [0.3, 0.4) is 0 Å². The Labute approximate surface area is 137 Å². The van der Waals surface area contributed by atoms with Crippen LogP contribution in [0, 0.1) is 0 Å². The summed E-state index contributed by atoms with van der Waals surface area (Å²) < 4.78 is 2.03. The zero-order valence-electron chi connectivity index (χ0n) is 13.0. The second kappa shape index (κ2) is 7.27. The number of hydrogen-bond acceptors (Lipinski definition) is 3. The zero-order valence-corrected chi connectivity index (χ0v) is 13.8. The van der Waals surface area contributed by atoms with Crippen molar-refractivity contribution in [2.75, 3.05) is 19.6 Å².